The van der Waals surface area contributed by atoms with Crippen molar-refractivity contribution in [1.29, 1.82) is 0 Å². The van der Waals surface area contributed by atoms with Crippen LogP contribution < -0.4 is 0 Å². The normalized spacial score (nSPS) is 25.2. The molecule has 0 aromatic carbocycles. The van der Waals surface area contributed by atoms with Gasteiger partial charge in [-0.15, -0.1) is 0 Å². The Morgan fingerprint density at radius 1 is 1.88 bits per heavy atom. The lowest BCUT2D eigenvalue weighted by Crippen LogP contribution is -2.31. The van der Waals surface area contributed by atoms with Crippen molar-refractivity contribution in [2.45, 2.75) is 19.3 Å². The lowest BCUT2D eigenvalue weighted by molar-refractivity contribution is -0.158. The quantitative estimate of drug-likeness (QED) is 0.498. The first-order chi connectivity index (χ1) is 5.98. The summed E-state index contributed by atoms with van der Waals surface area (Å²) < 4.78 is 44.7. The van der Waals surface area contributed by atoms with Gasteiger partial charge in [-0.3, -0.25) is 0 Å². The zero-order chi connectivity index (χ0) is 11.8. The first-order valence-electron chi connectivity index (χ1n) is 4.79. The van der Waals surface area contributed by atoms with E-state index in [1.54, 1.807) is 0 Å². The fraction of sp³-hybridized carbons (Fsp3) is 0.800. The summed E-state index contributed by atoms with van der Waals surface area (Å²) in [6.07, 6.45) is 0. The Hall–Kier alpha value is -0.570. The van der Waals surface area contributed by atoms with Crippen LogP contribution in [0, 0.1) is 0 Å². The number of carbonyl (C=O) groups is 1. The predicted molar refractivity (Wildman–Crippen MR) is 28.3 cm³/mol. The summed E-state index contributed by atoms with van der Waals surface area (Å²) in [6, 6.07) is 0. The minimum Gasteiger partial charge on any atom is -0.467 e. The standard InChI is InChI=1S/C5H10O3/c1-5(2,7)4(6)8-3/h7H,1-3H3/i1D3,2D3. The summed E-state index contributed by atoms with van der Waals surface area (Å²) >= 11 is 0. The molecule has 0 heterocycles. The van der Waals surface area contributed by atoms with Crippen molar-refractivity contribution < 1.29 is 22.9 Å². The van der Waals surface area contributed by atoms with Crippen molar-refractivity contribution in [3.63, 3.8) is 0 Å². The van der Waals surface area contributed by atoms with E-state index in [2.05, 4.69) is 4.74 Å². The van der Waals surface area contributed by atoms with Crippen LogP contribution in [0.3, 0.4) is 0 Å². The van der Waals surface area contributed by atoms with E-state index >= 15 is 0 Å². The van der Waals surface area contributed by atoms with Gasteiger partial charge in [-0.25, -0.2) is 4.79 Å². The lowest BCUT2D eigenvalue weighted by Gasteiger charge is -2.12. The smallest absolute Gasteiger partial charge is 0.337 e. The van der Waals surface area contributed by atoms with E-state index in [4.69, 9.17) is 8.22 Å². The van der Waals surface area contributed by atoms with Crippen LogP contribution in [0.15, 0.2) is 0 Å². The fourth-order valence-corrected chi connectivity index (χ4v) is 0.148. The van der Waals surface area contributed by atoms with E-state index in [9.17, 15) is 9.90 Å². The van der Waals surface area contributed by atoms with Crippen LogP contribution in [0.5, 0.6) is 0 Å². The highest BCUT2D eigenvalue weighted by Gasteiger charge is 2.23. The number of methoxy groups -OCH3 is 1. The molecule has 0 amide bonds. The zero-order valence-electron chi connectivity index (χ0n) is 10.3. The number of rotatable bonds is 1. The van der Waals surface area contributed by atoms with Crippen LogP contribution in [0.2, 0.25) is 0 Å². The second kappa shape index (κ2) is 2.13. The minimum atomic E-state index is -3.48. The van der Waals surface area contributed by atoms with Gasteiger partial charge in [-0.2, -0.15) is 0 Å². The summed E-state index contributed by atoms with van der Waals surface area (Å²) in [4.78, 5) is 10.9. The van der Waals surface area contributed by atoms with Gasteiger partial charge < -0.3 is 9.84 Å². The second-order valence-electron chi connectivity index (χ2n) is 1.20. The maximum Gasteiger partial charge on any atom is 0.337 e. The molecular formula is C5H10O3. The van der Waals surface area contributed by atoms with Crippen LogP contribution in [0.4, 0.5) is 0 Å². The molecule has 0 rings (SSSR count). The highest BCUT2D eigenvalue weighted by atomic mass is 16.5. The summed E-state index contributed by atoms with van der Waals surface area (Å²) in [7, 11) is 0.796. The molecule has 0 aromatic heterocycles. The Morgan fingerprint density at radius 2 is 2.38 bits per heavy atom. The van der Waals surface area contributed by atoms with Crippen LogP contribution in [0.1, 0.15) is 21.9 Å². The maximum absolute atomic E-state index is 10.9. The van der Waals surface area contributed by atoms with Crippen molar-refractivity contribution in [3.8, 4) is 0 Å². The molecule has 8 heavy (non-hydrogen) atoms. The fourth-order valence-electron chi connectivity index (χ4n) is 0.148. The average Bonchev–Trinajstić information content (AvgIpc) is 1.97. The van der Waals surface area contributed by atoms with Gasteiger partial charge in [0.2, 0.25) is 0 Å². The molecule has 0 saturated carbocycles. The molecule has 1 N–H and O–H groups in total. The second-order valence-corrected chi connectivity index (χ2v) is 1.20. The summed E-state index contributed by atoms with van der Waals surface area (Å²) in [5.74, 6) is -1.70. The summed E-state index contributed by atoms with van der Waals surface area (Å²) in [5.41, 5.74) is -3.48. The molecule has 0 aromatic rings. The number of esters is 1. The molecule has 3 nitrogen and oxygen atoms in total. The molecular weight excluding hydrogens is 108 g/mol. The van der Waals surface area contributed by atoms with Crippen LogP contribution in [-0.4, -0.2) is 23.8 Å². The molecule has 0 radical (unpaired) electrons. The molecule has 0 fully saturated rings. The first kappa shape index (κ1) is 1.99. The summed E-state index contributed by atoms with van der Waals surface area (Å²) in [5, 5.41) is 9.35. The third-order valence-corrected chi connectivity index (χ3v) is 0.481. The molecule has 0 spiro atoms. The molecule has 0 saturated heterocycles. The van der Waals surface area contributed by atoms with E-state index < -0.39 is 25.3 Å². The Labute approximate surface area is 56.7 Å². The van der Waals surface area contributed by atoms with E-state index in [0.717, 1.165) is 7.11 Å². The molecule has 0 aliphatic carbocycles. The molecule has 0 atom stereocenters. The van der Waals surface area contributed by atoms with Gasteiger partial charge >= 0.3 is 5.97 Å². The minimum absolute atomic E-state index is 0.796. The van der Waals surface area contributed by atoms with Crippen LogP contribution in [-0.2, 0) is 9.53 Å². The number of carbonyl (C=O) groups excluding carboxylic acids is 1. The molecule has 0 aliphatic rings. The maximum atomic E-state index is 10.9. The molecule has 0 bridgehead atoms. The van der Waals surface area contributed by atoms with Gasteiger partial charge in [0.15, 0.2) is 5.60 Å². The monoisotopic (exact) mass is 124 g/mol. The van der Waals surface area contributed by atoms with Crippen molar-refractivity contribution in [3.05, 3.63) is 0 Å². The number of hydrogen-bond donors (Lipinski definition) is 1. The van der Waals surface area contributed by atoms with Crippen molar-refractivity contribution in [2.24, 2.45) is 0 Å². The van der Waals surface area contributed by atoms with Crippen LogP contribution in [0.25, 0.3) is 0 Å². The Bertz CT molecular complexity index is 215. The van der Waals surface area contributed by atoms with Gasteiger partial charge in [0.05, 0.1) is 7.11 Å². The topological polar surface area (TPSA) is 46.5 Å². The van der Waals surface area contributed by atoms with Crippen molar-refractivity contribution in [1.82, 2.24) is 0 Å². The van der Waals surface area contributed by atoms with E-state index in [0.29, 0.717) is 0 Å². The number of aliphatic hydroxyl groups is 1. The highest BCUT2D eigenvalue weighted by molar-refractivity contribution is 5.77. The molecule has 0 unspecified atom stereocenters. The largest absolute Gasteiger partial charge is 0.467 e. The van der Waals surface area contributed by atoms with Gasteiger partial charge in [-0.05, 0) is 13.7 Å². The zero-order valence-corrected chi connectivity index (χ0v) is 4.26. The molecule has 0 aliphatic heterocycles. The van der Waals surface area contributed by atoms with Gasteiger partial charge in [0.1, 0.15) is 0 Å². The van der Waals surface area contributed by atoms with Gasteiger partial charge in [0.25, 0.3) is 0 Å². The van der Waals surface area contributed by atoms with E-state index in [1.165, 1.54) is 0 Å². The van der Waals surface area contributed by atoms with Crippen molar-refractivity contribution in [2.75, 3.05) is 7.11 Å². The Balaban J connectivity index is 5.40. The number of hydrogen-bond acceptors (Lipinski definition) is 3. The van der Waals surface area contributed by atoms with Crippen molar-refractivity contribution >= 4 is 5.97 Å². The van der Waals surface area contributed by atoms with Crippen LogP contribution >= 0.6 is 0 Å². The number of ether oxygens (including phenoxy) is 1. The third-order valence-electron chi connectivity index (χ3n) is 0.481. The third kappa shape index (κ3) is 1.93. The summed E-state index contributed by atoms with van der Waals surface area (Å²) in [6.45, 7) is -6.74. The van der Waals surface area contributed by atoms with E-state index in [1.807, 2.05) is 0 Å². The SMILES string of the molecule is [2H]C([2H])([2H])C(O)(C(=O)OC)C([2H])([2H])[2H]. The average molecular weight is 124 g/mol. The van der Waals surface area contributed by atoms with E-state index in [-0.39, 0.29) is 0 Å². The first-order valence-corrected chi connectivity index (χ1v) is 1.79. The molecule has 3 heteroatoms. The lowest BCUT2D eigenvalue weighted by atomic mass is 10.1. The van der Waals surface area contributed by atoms with Gasteiger partial charge in [0, 0.05) is 8.22 Å². The predicted octanol–water partition coefficient (Wildman–Crippen LogP) is -0.0697. The molecule has 48 valence electrons. The van der Waals surface area contributed by atoms with Gasteiger partial charge in [-0.1, -0.05) is 0 Å². The highest BCUT2D eigenvalue weighted by Crippen LogP contribution is 2.01. The Morgan fingerprint density at radius 3 is 2.50 bits per heavy atom. The Kier molecular flexibility index (Phi) is 0.530.